The summed E-state index contributed by atoms with van der Waals surface area (Å²) in [4.78, 5) is 33.0. The molecule has 0 saturated heterocycles. The average molecular weight is 217 g/mol. The third kappa shape index (κ3) is 3.57. The number of esters is 1. The van der Waals surface area contributed by atoms with Gasteiger partial charge in [-0.3, -0.25) is 9.59 Å². The van der Waals surface area contributed by atoms with E-state index in [0.717, 1.165) is 0 Å². The number of carbonyl (C=O) groups excluding carboxylic acids is 2. The summed E-state index contributed by atoms with van der Waals surface area (Å²) in [5, 5.41) is 10.9. The van der Waals surface area contributed by atoms with E-state index < -0.39 is 29.3 Å². The second-order valence-corrected chi connectivity index (χ2v) is 3.67. The van der Waals surface area contributed by atoms with Gasteiger partial charge in [0.25, 0.3) is 0 Å². The molecule has 0 aromatic carbocycles. The van der Waals surface area contributed by atoms with E-state index >= 15 is 0 Å². The minimum Gasteiger partial charge on any atom is -0.481 e. The quantitative estimate of drug-likeness (QED) is 0.501. The number of carbonyl (C=O) groups is 3. The van der Waals surface area contributed by atoms with Crippen LogP contribution in [0.25, 0.3) is 0 Å². The summed E-state index contributed by atoms with van der Waals surface area (Å²) in [7, 11) is 1.19. The van der Waals surface area contributed by atoms with Crippen molar-refractivity contribution in [1.82, 2.24) is 5.32 Å². The number of amides is 1. The van der Waals surface area contributed by atoms with Crippen molar-refractivity contribution in [2.24, 2.45) is 5.92 Å². The van der Waals surface area contributed by atoms with Crippen molar-refractivity contribution < 1.29 is 24.2 Å². The van der Waals surface area contributed by atoms with Crippen molar-refractivity contribution in [3.63, 3.8) is 0 Å². The fourth-order valence-corrected chi connectivity index (χ4v) is 0.835. The van der Waals surface area contributed by atoms with E-state index in [1.807, 2.05) is 0 Å². The Morgan fingerprint density at radius 1 is 1.33 bits per heavy atom. The van der Waals surface area contributed by atoms with Gasteiger partial charge in [0.2, 0.25) is 5.91 Å². The number of aliphatic carboxylic acids is 1. The van der Waals surface area contributed by atoms with Gasteiger partial charge in [0.1, 0.15) is 11.5 Å². The molecule has 1 unspecified atom stereocenters. The monoisotopic (exact) mass is 217 g/mol. The molecule has 0 heterocycles. The zero-order valence-electron chi connectivity index (χ0n) is 9.16. The fourth-order valence-electron chi connectivity index (χ4n) is 0.835. The van der Waals surface area contributed by atoms with E-state index in [1.165, 1.54) is 27.9 Å². The number of carboxylic acids is 1. The van der Waals surface area contributed by atoms with E-state index in [4.69, 9.17) is 5.11 Å². The van der Waals surface area contributed by atoms with Crippen molar-refractivity contribution >= 4 is 17.8 Å². The first-order chi connectivity index (χ1) is 6.72. The second-order valence-electron chi connectivity index (χ2n) is 3.67. The maximum absolute atomic E-state index is 11.3. The molecule has 15 heavy (non-hydrogen) atoms. The number of hydrogen-bond donors (Lipinski definition) is 2. The fraction of sp³-hybridized carbons (Fsp3) is 0.667. The zero-order chi connectivity index (χ0) is 12.2. The third-order valence-electron chi connectivity index (χ3n) is 1.90. The van der Waals surface area contributed by atoms with Crippen molar-refractivity contribution in [2.45, 2.75) is 26.3 Å². The third-order valence-corrected chi connectivity index (χ3v) is 1.90. The first-order valence-electron chi connectivity index (χ1n) is 4.35. The molecule has 0 radical (unpaired) electrons. The number of carboxylic acid groups (broad SMARTS) is 1. The molecule has 0 spiro atoms. The van der Waals surface area contributed by atoms with Crippen molar-refractivity contribution in [2.75, 3.05) is 7.11 Å². The summed E-state index contributed by atoms with van der Waals surface area (Å²) in [6.07, 6.45) is 0. The summed E-state index contributed by atoms with van der Waals surface area (Å²) in [5.74, 6) is -3.80. The van der Waals surface area contributed by atoms with Crippen LogP contribution in [0.4, 0.5) is 0 Å². The Balaban J connectivity index is 4.53. The highest BCUT2D eigenvalue weighted by Gasteiger charge is 2.33. The standard InChI is InChI=1S/C9H15NO5/c1-5(7(12)13)6(11)10-9(2,3)8(14)15-4/h5H,1-4H3,(H,10,11)(H,12,13). The summed E-state index contributed by atoms with van der Waals surface area (Å²) in [6.45, 7) is 4.11. The molecule has 1 atom stereocenters. The molecule has 0 saturated carbocycles. The Hall–Kier alpha value is -1.59. The molecule has 0 aliphatic heterocycles. The van der Waals surface area contributed by atoms with Gasteiger partial charge in [0, 0.05) is 0 Å². The van der Waals surface area contributed by atoms with Crippen molar-refractivity contribution in [3.05, 3.63) is 0 Å². The van der Waals surface area contributed by atoms with Crippen LogP contribution in [0.1, 0.15) is 20.8 Å². The van der Waals surface area contributed by atoms with E-state index in [0.29, 0.717) is 0 Å². The maximum Gasteiger partial charge on any atom is 0.330 e. The van der Waals surface area contributed by atoms with Crippen LogP contribution in [0.3, 0.4) is 0 Å². The largest absolute Gasteiger partial charge is 0.481 e. The highest BCUT2D eigenvalue weighted by molar-refractivity contribution is 5.98. The summed E-state index contributed by atoms with van der Waals surface area (Å²) in [5.41, 5.74) is -1.23. The molecular formula is C9H15NO5. The molecule has 0 aromatic rings. The van der Waals surface area contributed by atoms with Crippen LogP contribution in [-0.2, 0) is 19.1 Å². The van der Waals surface area contributed by atoms with E-state index in [-0.39, 0.29) is 0 Å². The molecule has 0 aliphatic rings. The number of nitrogens with one attached hydrogen (secondary N) is 1. The summed E-state index contributed by atoms with van der Waals surface area (Å²) in [6, 6.07) is 0. The zero-order valence-corrected chi connectivity index (χ0v) is 9.16. The van der Waals surface area contributed by atoms with E-state index in [9.17, 15) is 14.4 Å². The Labute approximate surface area is 87.6 Å². The van der Waals surface area contributed by atoms with Crippen LogP contribution < -0.4 is 5.32 Å². The molecule has 6 nitrogen and oxygen atoms in total. The summed E-state index contributed by atoms with van der Waals surface area (Å²) < 4.78 is 4.46. The lowest BCUT2D eigenvalue weighted by molar-refractivity contribution is -0.153. The topological polar surface area (TPSA) is 92.7 Å². The maximum atomic E-state index is 11.3. The van der Waals surface area contributed by atoms with Gasteiger partial charge in [-0.05, 0) is 20.8 Å². The predicted octanol–water partition coefficient (Wildman–Crippen LogP) is -0.225. The van der Waals surface area contributed by atoms with Crippen LogP contribution in [0.15, 0.2) is 0 Å². The molecule has 0 aromatic heterocycles. The lowest BCUT2D eigenvalue weighted by Crippen LogP contribution is -2.52. The van der Waals surface area contributed by atoms with Crippen molar-refractivity contribution in [1.29, 1.82) is 0 Å². The van der Waals surface area contributed by atoms with Gasteiger partial charge in [-0.15, -0.1) is 0 Å². The Morgan fingerprint density at radius 2 is 1.80 bits per heavy atom. The first-order valence-corrected chi connectivity index (χ1v) is 4.35. The molecule has 86 valence electrons. The second kappa shape index (κ2) is 4.77. The van der Waals surface area contributed by atoms with Crippen molar-refractivity contribution in [3.8, 4) is 0 Å². The van der Waals surface area contributed by atoms with Gasteiger partial charge in [-0.25, -0.2) is 4.79 Å². The molecule has 0 rings (SSSR count). The summed E-state index contributed by atoms with van der Waals surface area (Å²) >= 11 is 0. The van der Waals surface area contributed by atoms with Crippen LogP contribution >= 0.6 is 0 Å². The van der Waals surface area contributed by atoms with Gasteiger partial charge < -0.3 is 15.2 Å². The molecule has 6 heteroatoms. The number of ether oxygens (including phenoxy) is 1. The Kier molecular flexibility index (Phi) is 4.26. The lowest BCUT2D eigenvalue weighted by Gasteiger charge is -2.23. The number of methoxy groups -OCH3 is 1. The van der Waals surface area contributed by atoms with Gasteiger partial charge in [0.05, 0.1) is 7.11 Å². The minimum absolute atomic E-state index is 0.631. The first kappa shape index (κ1) is 13.4. The number of rotatable bonds is 4. The average Bonchev–Trinajstić information content (AvgIpc) is 2.14. The highest BCUT2D eigenvalue weighted by Crippen LogP contribution is 2.06. The van der Waals surface area contributed by atoms with Gasteiger partial charge in [-0.2, -0.15) is 0 Å². The lowest BCUT2D eigenvalue weighted by atomic mass is 10.0. The Bertz CT molecular complexity index is 284. The van der Waals surface area contributed by atoms with Gasteiger partial charge in [-0.1, -0.05) is 0 Å². The molecular weight excluding hydrogens is 202 g/mol. The predicted molar refractivity (Wildman–Crippen MR) is 51.0 cm³/mol. The van der Waals surface area contributed by atoms with Crippen LogP contribution in [0.2, 0.25) is 0 Å². The van der Waals surface area contributed by atoms with Crippen LogP contribution in [0, 0.1) is 5.92 Å². The SMILES string of the molecule is COC(=O)C(C)(C)NC(=O)C(C)C(=O)O. The highest BCUT2D eigenvalue weighted by atomic mass is 16.5. The minimum atomic E-state index is -1.24. The molecule has 0 aliphatic carbocycles. The van der Waals surface area contributed by atoms with E-state index in [1.54, 1.807) is 0 Å². The number of hydrogen-bond acceptors (Lipinski definition) is 4. The molecule has 2 N–H and O–H groups in total. The van der Waals surface area contributed by atoms with Gasteiger partial charge >= 0.3 is 11.9 Å². The molecule has 0 bridgehead atoms. The van der Waals surface area contributed by atoms with Gasteiger partial charge in [0.15, 0.2) is 0 Å². The Morgan fingerprint density at radius 3 is 2.13 bits per heavy atom. The van der Waals surface area contributed by atoms with Crippen LogP contribution in [0.5, 0.6) is 0 Å². The van der Waals surface area contributed by atoms with Crippen LogP contribution in [-0.4, -0.2) is 35.6 Å². The normalized spacial score (nSPS) is 12.8. The van der Waals surface area contributed by atoms with E-state index in [2.05, 4.69) is 10.1 Å². The molecule has 1 amide bonds. The smallest absolute Gasteiger partial charge is 0.330 e. The molecule has 0 fully saturated rings.